The Labute approximate surface area is 785 Å². The van der Waals surface area contributed by atoms with Crippen LogP contribution in [0.5, 0.6) is 18.0 Å². The first kappa shape index (κ1) is 94.9. The molecule has 13 heterocycles. The molecule has 3 amide bonds. The SMILES string of the molecule is [C-]#[N+]C[C@H]1CN(c2nc(OC[C@@H]3CCCN3C)nc3c2CCN(c2cccc4ccccc24)C3)CCN1C(=O)/C=C/CN(C)C.[C-]#[N+]C[C@H]1CN(c2nc(OC[C@@H]3CCCN3C)nc3c2CCN(c2cccc4ccccc24)C3)CCN1C(=O)/C=C/CN1CCCCC1.[C-]#[N+]C[C@H]1CN(c2nc(OC[C@@H]3CCCN3C)nc3c2CCN(c2ccccc2C(F)(F)F)C3)CCN1C(=O)C=C. The molecule has 32 heteroatoms. The van der Waals surface area contributed by atoms with Gasteiger partial charge in [-0.15, -0.1) is 0 Å². The van der Waals surface area contributed by atoms with Gasteiger partial charge in [0.05, 0.1) is 42.3 Å². The highest BCUT2D eigenvalue weighted by Crippen LogP contribution is 2.42. The zero-order valence-corrected chi connectivity index (χ0v) is 78.1. The number of hydrogen-bond donors (Lipinski definition) is 0. The van der Waals surface area contributed by atoms with Gasteiger partial charge in [-0.1, -0.05) is 110 Å². The predicted octanol–water partition coefficient (Wildman–Crippen LogP) is 12.0. The van der Waals surface area contributed by atoms with Crippen LogP contribution in [-0.2, 0) is 59.5 Å². The van der Waals surface area contributed by atoms with Gasteiger partial charge >= 0.3 is 24.2 Å². The highest BCUT2D eigenvalue weighted by molar-refractivity contribution is 5.96. The average Bonchev–Trinajstić information content (AvgIpc) is 0.934. The third kappa shape index (κ3) is 22.7. The standard InChI is InChI=1S/C38H48N8O2.C35H44N8O2.C29H34F3N7O2/c1-39-25-31-26-45(23-24-46(31)36(47)16-10-21-43-19-6-3-7-20-43)37-33-17-22-44(35-15-8-12-29-11-4-5-14-32(29)35)27-34(33)40-38(41-37)48-28-30-13-9-18-42(30)2;1-36-22-28-23-42(20-21-43(28)33(44)15-9-17-39(2)3)34-30-16-19-41(32-14-7-11-26-10-5-6-13-29(26)32)24-31(30)37-35(38-34)45-25-27-12-8-18-40(27)4;1-4-26(40)39-15-14-38(17-21(39)16-33-2)27-22-11-13-37(25-10-6-5-9-23(25)29(30,31)32)18-24(22)34-28(35-27)41-19-20-8-7-12-36(20)3/h4-5,8,10-12,14-16,30-31H,3,6-7,9,13,17-28H2,2H3;5-7,9-11,13-15,27-28H,8,12,16-25H2,2-4H3;4-6,9-10,20-21H,1,7-8,11-19H2,3H3/b16-10+;15-9+;/t30-,31-;27-,28-;20-,21-/m000/s1. The third-order valence-corrected chi connectivity index (χ3v) is 28.1. The first-order valence-electron chi connectivity index (χ1n) is 47.7. The summed E-state index contributed by atoms with van der Waals surface area (Å²) in [5.74, 6) is 2.19. The summed E-state index contributed by atoms with van der Waals surface area (Å²) in [7, 11) is 10.3. The molecular weight excluding hydrogens is 1700 g/mol. The zero-order chi connectivity index (χ0) is 93.4. The maximum Gasteiger partial charge on any atom is 0.418 e. The summed E-state index contributed by atoms with van der Waals surface area (Å²) in [6, 6.07) is 36.9. The molecule has 3 aromatic heterocycles. The summed E-state index contributed by atoms with van der Waals surface area (Å²) in [4.78, 5) is 110. The summed E-state index contributed by atoms with van der Waals surface area (Å²) in [5, 5.41) is 4.93. The van der Waals surface area contributed by atoms with Crippen LogP contribution in [-0.4, -0.2) is 322 Å². The summed E-state index contributed by atoms with van der Waals surface area (Å²) >= 11 is 0. The highest BCUT2D eigenvalue weighted by atomic mass is 19.4. The van der Waals surface area contributed by atoms with Crippen LogP contribution in [0.25, 0.3) is 36.1 Å². The van der Waals surface area contributed by atoms with Crippen molar-refractivity contribution in [3.05, 3.63) is 220 Å². The molecule has 10 aliphatic rings. The number of ether oxygens (including phenoxy) is 3. The van der Waals surface area contributed by atoms with E-state index >= 15 is 0 Å². The molecule has 706 valence electrons. The second kappa shape index (κ2) is 44.3. The molecule has 0 radical (unpaired) electrons. The normalized spacial score (nSPS) is 21.5. The van der Waals surface area contributed by atoms with Gasteiger partial charge < -0.3 is 92.4 Å². The van der Waals surface area contributed by atoms with Crippen LogP contribution in [0, 0.1) is 19.7 Å². The summed E-state index contributed by atoms with van der Waals surface area (Å²) in [6.45, 7) is 43.8. The largest absolute Gasteiger partial charge is 0.462 e. The first-order valence-corrected chi connectivity index (χ1v) is 47.7. The van der Waals surface area contributed by atoms with Crippen molar-refractivity contribution in [2.75, 3.05) is 228 Å². The zero-order valence-electron chi connectivity index (χ0n) is 78.1. The smallest absolute Gasteiger partial charge is 0.418 e. The number of halogens is 3. The van der Waals surface area contributed by atoms with Crippen molar-refractivity contribution in [1.29, 1.82) is 0 Å². The van der Waals surface area contributed by atoms with Crippen molar-refractivity contribution >= 4 is 73.8 Å². The number of likely N-dealkylation sites (N-methyl/N-ethyl adjacent to an activating group) is 4. The average molecular weight is 1830 g/mol. The number of hydrogen-bond acceptors (Lipinski definition) is 23. The molecule has 0 unspecified atom stereocenters. The van der Waals surface area contributed by atoms with Crippen LogP contribution in [0.2, 0.25) is 0 Å². The lowest BCUT2D eigenvalue weighted by atomic mass is 10.0. The van der Waals surface area contributed by atoms with Crippen molar-refractivity contribution in [1.82, 2.24) is 69.1 Å². The number of rotatable bonds is 25. The monoisotopic (exact) mass is 1830 g/mol. The Hall–Kier alpha value is -12.3. The molecule has 29 nitrogen and oxygen atoms in total. The molecule has 6 atom stereocenters. The lowest BCUT2D eigenvalue weighted by molar-refractivity contribution is -0.137. The molecule has 0 bridgehead atoms. The van der Waals surface area contributed by atoms with Gasteiger partial charge in [-0.2, -0.15) is 43.1 Å². The summed E-state index contributed by atoms with van der Waals surface area (Å²) in [5.41, 5.74) is 7.63. The number of nitrogens with zero attached hydrogens (tertiary/aromatic N) is 23. The Morgan fingerprint density at radius 1 is 0.433 bits per heavy atom. The van der Waals surface area contributed by atoms with E-state index in [0.29, 0.717) is 147 Å². The number of para-hydroxylation sites is 1. The molecule has 0 saturated carbocycles. The van der Waals surface area contributed by atoms with E-state index < -0.39 is 11.7 Å². The molecule has 18 rings (SSSR count). The third-order valence-electron chi connectivity index (χ3n) is 28.1. The molecule has 0 N–H and O–H groups in total. The maximum absolute atomic E-state index is 13.8. The Bertz CT molecular complexity index is 5650. The number of piperidine rings is 1. The molecule has 7 saturated heterocycles. The minimum Gasteiger partial charge on any atom is -0.462 e. The number of carbonyl (C=O) groups excluding carboxylic acids is 3. The van der Waals surface area contributed by atoms with Crippen molar-refractivity contribution in [2.24, 2.45) is 0 Å². The van der Waals surface area contributed by atoms with E-state index in [4.69, 9.17) is 63.8 Å². The van der Waals surface area contributed by atoms with Crippen molar-refractivity contribution in [3.63, 3.8) is 0 Å². The van der Waals surface area contributed by atoms with E-state index in [0.717, 1.165) is 137 Å². The van der Waals surface area contributed by atoms with E-state index in [9.17, 15) is 27.6 Å². The van der Waals surface area contributed by atoms with Crippen LogP contribution < -0.4 is 43.6 Å². The second-order valence-electron chi connectivity index (χ2n) is 37.1. The fraction of sp³-hybridized carbons (Fsp3) is 0.510. The second-order valence-corrected chi connectivity index (χ2v) is 37.1. The van der Waals surface area contributed by atoms with Gasteiger partial charge in [0.15, 0.2) is 0 Å². The fourth-order valence-electron chi connectivity index (χ4n) is 20.7. The van der Waals surface area contributed by atoms with Gasteiger partial charge in [0.25, 0.3) is 0 Å². The summed E-state index contributed by atoms with van der Waals surface area (Å²) < 4.78 is 60.3. The molecular formula is C102H126F3N23O6. The van der Waals surface area contributed by atoms with Crippen LogP contribution in [0.3, 0.4) is 0 Å². The maximum atomic E-state index is 13.8. The molecule has 7 fully saturated rings. The minimum atomic E-state index is -4.48. The molecule has 8 aromatic rings. The molecule has 10 aliphatic heterocycles. The van der Waals surface area contributed by atoms with Crippen LogP contribution >= 0.6 is 0 Å². The van der Waals surface area contributed by atoms with Crippen molar-refractivity contribution < 1.29 is 41.8 Å². The topological polar surface area (TPSA) is 215 Å². The van der Waals surface area contributed by atoms with Gasteiger partial charge in [-0.3, -0.25) is 19.3 Å². The number of likely N-dealkylation sites (tertiary alicyclic amines) is 4. The van der Waals surface area contributed by atoms with Crippen LogP contribution in [0.4, 0.5) is 47.7 Å². The van der Waals surface area contributed by atoms with Crippen LogP contribution in [0.15, 0.2) is 146 Å². The van der Waals surface area contributed by atoms with Gasteiger partial charge in [-0.05, 0) is 180 Å². The van der Waals surface area contributed by atoms with E-state index in [-0.39, 0.29) is 79.8 Å². The Kier molecular flexibility index (Phi) is 31.4. The fourth-order valence-corrected chi connectivity index (χ4v) is 20.7. The Morgan fingerprint density at radius 2 is 0.806 bits per heavy atom. The van der Waals surface area contributed by atoms with Gasteiger partial charge in [0.1, 0.15) is 55.4 Å². The number of amides is 3. The van der Waals surface area contributed by atoms with E-state index in [2.05, 4.69) is 171 Å². The number of alkyl halides is 3. The Morgan fingerprint density at radius 3 is 1.19 bits per heavy atom. The van der Waals surface area contributed by atoms with Crippen molar-refractivity contribution in [2.45, 2.75) is 139 Å². The van der Waals surface area contributed by atoms with Gasteiger partial charge in [-0.25, -0.2) is 19.7 Å². The summed E-state index contributed by atoms with van der Waals surface area (Å²) in [6.07, 6.45) is 16.5. The number of carbonyl (C=O) groups is 3. The number of aromatic nitrogens is 6. The quantitative estimate of drug-likeness (QED) is 0.0384. The van der Waals surface area contributed by atoms with Gasteiger partial charge in [0.2, 0.25) is 37.4 Å². The highest BCUT2D eigenvalue weighted by Gasteiger charge is 2.42. The molecule has 0 aliphatic carbocycles. The number of benzene rings is 5. The number of anilines is 6. The van der Waals surface area contributed by atoms with Crippen LogP contribution in [0.1, 0.15) is 97.1 Å². The lowest BCUT2D eigenvalue weighted by Gasteiger charge is -2.41. The predicted molar refractivity (Wildman–Crippen MR) is 518 cm³/mol. The molecule has 134 heavy (non-hydrogen) atoms. The molecule has 0 spiro atoms. The lowest BCUT2D eigenvalue weighted by Crippen LogP contribution is -2.56. The molecule has 5 aromatic carbocycles. The Balaban J connectivity index is 0.000000147. The minimum absolute atomic E-state index is 0.000427. The number of fused-ring (bicyclic) bond motifs is 5. The first-order chi connectivity index (χ1) is 65.2. The van der Waals surface area contributed by atoms with Crippen molar-refractivity contribution in [3.8, 4) is 18.0 Å². The van der Waals surface area contributed by atoms with Gasteiger partial charge in [0, 0.05) is 166 Å². The van der Waals surface area contributed by atoms with E-state index in [1.165, 1.54) is 83.2 Å². The number of piperazine rings is 3. The van der Waals surface area contributed by atoms with E-state index in [1.807, 2.05) is 40.9 Å². The van der Waals surface area contributed by atoms with E-state index in [1.54, 1.807) is 28.0 Å².